The van der Waals surface area contributed by atoms with Crippen molar-refractivity contribution in [1.29, 1.82) is 0 Å². The zero-order chi connectivity index (χ0) is 13.0. The van der Waals surface area contributed by atoms with E-state index in [0.717, 1.165) is 43.6 Å². The molecular formula is C15H27NO2. The highest BCUT2D eigenvalue weighted by molar-refractivity contribution is 5.66. The normalized spacial score (nSPS) is 31.7. The molecule has 2 aliphatic carbocycles. The van der Waals surface area contributed by atoms with Crippen LogP contribution in [0.4, 0.5) is 0 Å². The number of carboxylic acid groups (broad SMARTS) is 1. The lowest BCUT2D eigenvalue weighted by molar-refractivity contribution is -0.137. The molecule has 0 radical (unpaired) electrons. The van der Waals surface area contributed by atoms with E-state index in [0.29, 0.717) is 12.5 Å². The molecule has 18 heavy (non-hydrogen) atoms. The van der Waals surface area contributed by atoms with E-state index in [4.69, 9.17) is 5.11 Å². The minimum Gasteiger partial charge on any atom is -0.481 e. The molecule has 104 valence electrons. The summed E-state index contributed by atoms with van der Waals surface area (Å²) in [5.41, 5.74) is 0. The van der Waals surface area contributed by atoms with Gasteiger partial charge in [-0.2, -0.15) is 0 Å². The first-order valence-electron chi connectivity index (χ1n) is 7.62. The molecule has 0 spiro atoms. The molecule has 2 aliphatic rings. The summed E-state index contributed by atoms with van der Waals surface area (Å²) >= 11 is 0. The van der Waals surface area contributed by atoms with E-state index in [1.54, 1.807) is 0 Å². The molecular weight excluding hydrogens is 226 g/mol. The maximum absolute atomic E-state index is 10.4. The highest BCUT2D eigenvalue weighted by Crippen LogP contribution is 2.49. The number of aliphatic carboxylic acids is 1. The molecule has 3 heteroatoms. The molecule has 0 saturated heterocycles. The van der Waals surface area contributed by atoms with Gasteiger partial charge in [0, 0.05) is 12.5 Å². The van der Waals surface area contributed by atoms with Crippen molar-refractivity contribution in [3.05, 3.63) is 0 Å². The Kier molecular flexibility index (Phi) is 5.04. The molecule has 3 nitrogen and oxygen atoms in total. The van der Waals surface area contributed by atoms with E-state index in [1.807, 2.05) is 0 Å². The van der Waals surface area contributed by atoms with Gasteiger partial charge in [-0.25, -0.2) is 0 Å². The Hall–Kier alpha value is -0.570. The van der Waals surface area contributed by atoms with E-state index in [9.17, 15) is 4.79 Å². The molecule has 2 rings (SSSR count). The van der Waals surface area contributed by atoms with Gasteiger partial charge in [-0.1, -0.05) is 12.8 Å². The van der Waals surface area contributed by atoms with Crippen molar-refractivity contribution in [3.63, 3.8) is 0 Å². The summed E-state index contributed by atoms with van der Waals surface area (Å²) in [6, 6.07) is 0.653. The third kappa shape index (κ3) is 3.71. The summed E-state index contributed by atoms with van der Waals surface area (Å²) < 4.78 is 0. The number of carboxylic acids is 1. The lowest BCUT2D eigenvalue weighted by Crippen LogP contribution is -2.36. The zero-order valence-corrected chi connectivity index (χ0v) is 11.5. The Morgan fingerprint density at radius 3 is 2.72 bits per heavy atom. The predicted molar refractivity (Wildman–Crippen MR) is 72.5 cm³/mol. The van der Waals surface area contributed by atoms with Crippen LogP contribution in [-0.2, 0) is 4.79 Å². The molecule has 2 N–H and O–H groups in total. The fourth-order valence-corrected chi connectivity index (χ4v) is 3.97. The first-order chi connectivity index (χ1) is 8.66. The number of nitrogens with one attached hydrogen (secondary N) is 1. The first-order valence-corrected chi connectivity index (χ1v) is 7.62. The topological polar surface area (TPSA) is 49.3 Å². The minimum absolute atomic E-state index is 0.321. The summed E-state index contributed by atoms with van der Waals surface area (Å²) in [6.07, 6.45) is 9.14. The van der Waals surface area contributed by atoms with Gasteiger partial charge in [-0.15, -0.1) is 0 Å². The van der Waals surface area contributed by atoms with Gasteiger partial charge in [0.05, 0.1) is 0 Å². The van der Waals surface area contributed by atoms with Gasteiger partial charge in [-0.3, -0.25) is 4.79 Å². The van der Waals surface area contributed by atoms with Crippen LogP contribution in [0.2, 0.25) is 0 Å². The Balaban J connectivity index is 1.53. The quantitative estimate of drug-likeness (QED) is 0.654. The molecule has 0 heterocycles. The van der Waals surface area contributed by atoms with Crippen LogP contribution in [0, 0.1) is 17.8 Å². The van der Waals surface area contributed by atoms with Gasteiger partial charge < -0.3 is 10.4 Å². The number of hydrogen-bond donors (Lipinski definition) is 2. The van der Waals surface area contributed by atoms with E-state index >= 15 is 0 Å². The predicted octanol–water partition coefficient (Wildman–Crippen LogP) is 3.05. The molecule has 0 amide bonds. The van der Waals surface area contributed by atoms with Crippen molar-refractivity contribution in [2.45, 2.75) is 64.3 Å². The van der Waals surface area contributed by atoms with Crippen molar-refractivity contribution < 1.29 is 9.90 Å². The fraction of sp³-hybridized carbons (Fsp3) is 0.933. The van der Waals surface area contributed by atoms with Gasteiger partial charge in [0.15, 0.2) is 0 Å². The second-order valence-corrected chi connectivity index (χ2v) is 6.29. The van der Waals surface area contributed by atoms with Crippen LogP contribution >= 0.6 is 0 Å². The average molecular weight is 253 g/mol. The van der Waals surface area contributed by atoms with E-state index < -0.39 is 5.97 Å². The largest absolute Gasteiger partial charge is 0.481 e. The van der Waals surface area contributed by atoms with Gasteiger partial charge >= 0.3 is 5.97 Å². The van der Waals surface area contributed by atoms with Gasteiger partial charge in [-0.05, 0) is 63.3 Å². The summed E-state index contributed by atoms with van der Waals surface area (Å²) in [7, 11) is 0. The molecule has 0 aliphatic heterocycles. The van der Waals surface area contributed by atoms with Crippen LogP contribution in [-0.4, -0.2) is 23.7 Å². The van der Waals surface area contributed by atoms with Gasteiger partial charge in [0.2, 0.25) is 0 Å². The SMILES string of the molecule is CC(NCCCCCC(=O)O)C1CC2CCC1C2. The van der Waals surface area contributed by atoms with Crippen molar-refractivity contribution >= 4 is 5.97 Å². The Labute approximate surface area is 110 Å². The number of hydrogen-bond acceptors (Lipinski definition) is 2. The lowest BCUT2D eigenvalue weighted by Gasteiger charge is -2.28. The maximum Gasteiger partial charge on any atom is 0.303 e. The molecule has 0 aromatic carbocycles. The summed E-state index contributed by atoms with van der Waals surface area (Å²) in [4.78, 5) is 10.4. The van der Waals surface area contributed by atoms with Crippen LogP contribution in [0.15, 0.2) is 0 Å². The summed E-state index contributed by atoms with van der Waals surface area (Å²) in [5.74, 6) is 2.26. The van der Waals surface area contributed by atoms with E-state index in [1.165, 1.54) is 25.7 Å². The van der Waals surface area contributed by atoms with Crippen molar-refractivity contribution in [3.8, 4) is 0 Å². The highest BCUT2D eigenvalue weighted by atomic mass is 16.4. The molecule has 0 aromatic rings. The van der Waals surface area contributed by atoms with E-state index in [-0.39, 0.29) is 0 Å². The van der Waals surface area contributed by atoms with Gasteiger partial charge in [0.1, 0.15) is 0 Å². The summed E-state index contributed by atoms with van der Waals surface area (Å²) in [6.45, 7) is 3.39. The van der Waals surface area contributed by atoms with Crippen molar-refractivity contribution in [2.75, 3.05) is 6.54 Å². The Bertz CT molecular complexity index is 280. The fourth-order valence-electron chi connectivity index (χ4n) is 3.97. The molecule has 2 bridgehead atoms. The molecule has 0 aromatic heterocycles. The number of carbonyl (C=O) groups is 1. The second kappa shape index (κ2) is 6.55. The van der Waals surface area contributed by atoms with Crippen LogP contribution in [0.5, 0.6) is 0 Å². The first kappa shape index (κ1) is 13.9. The third-order valence-electron chi connectivity index (χ3n) is 4.97. The number of unbranched alkanes of at least 4 members (excludes halogenated alkanes) is 2. The monoisotopic (exact) mass is 253 g/mol. The number of fused-ring (bicyclic) bond motifs is 2. The Morgan fingerprint density at radius 2 is 2.11 bits per heavy atom. The van der Waals surface area contributed by atoms with E-state index in [2.05, 4.69) is 12.2 Å². The smallest absolute Gasteiger partial charge is 0.303 e. The Morgan fingerprint density at radius 1 is 1.28 bits per heavy atom. The molecule has 2 saturated carbocycles. The van der Waals surface area contributed by atoms with Gasteiger partial charge in [0.25, 0.3) is 0 Å². The summed E-state index contributed by atoms with van der Waals surface area (Å²) in [5, 5.41) is 12.2. The molecule has 2 fully saturated rings. The molecule has 4 unspecified atom stereocenters. The highest BCUT2D eigenvalue weighted by Gasteiger charge is 2.41. The lowest BCUT2D eigenvalue weighted by atomic mass is 9.84. The second-order valence-electron chi connectivity index (χ2n) is 6.29. The van der Waals surface area contributed by atoms with Crippen LogP contribution in [0.1, 0.15) is 58.3 Å². The standard InChI is InChI=1S/C15H27NO2/c1-11(14-10-12-6-7-13(14)9-12)16-8-4-2-3-5-15(17)18/h11-14,16H,2-10H2,1H3,(H,17,18). The minimum atomic E-state index is -0.668. The third-order valence-corrected chi connectivity index (χ3v) is 4.97. The molecule has 4 atom stereocenters. The van der Waals surface area contributed by atoms with Crippen molar-refractivity contribution in [1.82, 2.24) is 5.32 Å². The zero-order valence-electron chi connectivity index (χ0n) is 11.5. The van der Waals surface area contributed by atoms with Crippen LogP contribution in [0.3, 0.4) is 0 Å². The van der Waals surface area contributed by atoms with Crippen LogP contribution in [0.25, 0.3) is 0 Å². The average Bonchev–Trinajstić information content (AvgIpc) is 2.94. The number of rotatable bonds is 8. The van der Waals surface area contributed by atoms with Crippen molar-refractivity contribution in [2.24, 2.45) is 17.8 Å². The van der Waals surface area contributed by atoms with Crippen LogP contribution < -0.4 is 5.32 Å². The maximum atomic E-state index is 10.4.